The number of rotatable bonds is 5. The highest BCUT2D eigenvalue weighted by Gasteiger charge is 2.12. The number of nitrogens with zero attached hydrogens (tertiary/aromatic N) is 5. The Morgan fingerprint density at radius 1 is 1.30 bits per heavy atom. The maximum Gasteiger partial charge on any atom is 0.413 e. The summed E-state index contributed by atoms with van der Waals surface area (Å²) in [5, 5.41) is 16.4. The second-order valence-corrected chi connectivity index (χ2v) is 7.30. The second-order valence-electron chi connectivity index (χ2n) is 5.22. The van der Waals surface area contributed by atoms with Crippen LogP contribution in [0.1, 0.15) is 6.92 Å². The number of aromatic nitrogens is 5. The summed E-state index contributed by atoms with van der Waals surface area (Å²) in [6.45, 7) is 2.06. The Morgan fingerprint density at radius 3 is 3.00 bits per heavy atom. The second kappa shape index (κ2) is 7.37. The zero-order valence-electron chi connectivity index (χ0n) is 14.4. The molecule has 1 N–H and O–H groups in total. The average molecular weight is 402 g/mol. The Labute approximate surface area is 161 Å². The first-order valence-corrected chi connectivity index (χ1v) is 9.58. The molecule has 0 saturated carbocycles. The lowest BCUT2D eigenvalue weighted by molar-refractivity contribution is 0.168. The Balaban J connectivity index is 1.60. The molecule has 0 saturated heterocycles. The van der Waals surface area contributed by atoms with Gasteiger partial charge >= 0.3 is 6.09 Å². The first kappa shape index (κ1) is 17.5. The lowest BCUT2D eigenvalue weighted by atomic mass is 10.3. The highest BCUT2D eigenvalue weighted by atomic mass is 32.2. The number of anilines is 1. The summed E-state index contributed by atoms with van der Waals surface area (Å²) < 4.78 is 12.6. The Bertz CT molecular complexity index is 1130. The van der Waals surface area contributed by atoms with Crippen molar-refractivity contribution in [2.45, 2.75) is 17.0 Å². The molecular weight excluding hydrogens is 388 g/mol. The first-order valence-electron chi connectivity index (χ1n) is 7.95. The monoisotopic (exact) mass is 402 g/mol. The van der Waals surface area contributed by atoms with Gasteiger partial charge in [0.15, 0.2) is 10.8 Å². The molecule has 4 aromatic rings. The predicted molar refractivity (Wildman–Crippen MR) is 102 cm³/mol. The number of fused-ring (bicyclic) bond motifs is 2. The number of amides is 1. The minimum absolute atomic E-state index is 0.308. The van der Waals surface area contributed by atoms with Crippen LogP contribution in [0.2, 0.25) is 0 Å². The maximum atomic E-state index is 11.5. The van der Waals surface area contributed by atoms with Gasteiger partial charge in [0.05, 0.1) is 23.9 Å². The molecule has 4 rings (SSSR count). The molecule has 11 heteroatoms. The van der Waals surface area contributed by atoms with Crippen LogP contribution in [0.4, 0.5) is 9.93 Å². The van der Waals surface area contributed by atoms with E-state index in [1.54, 1.807) is 30.7 Å². The summed E-state index contributed by atoms with van der Waals surface area (Å²) in [6, 6.07) is 9.33. The van der Waals surface area contributed by atoms with E-state index in [9.17, 15) is 4.79 Å². The fraction of sp³-hybridized carbons (Fsp3) is 0.188. The van der Waals surface area contributed by atoms with Crippen LogP contribution in [0, 0.1) is 0 Å². The predicted octanol–water partition coefficient (Wildman–Crippen LogP) is 3.46. The van der Waals surface area contributed by atoms with Crippen LogP contribution in [-0.4, -0.2) is 44.6 Å². The van der Waals surface area contributed by atoms with Gasteiger partial charge < -0.3 is 9.47 Å². The molecule has 0 unspecified atom stereocenters. The number of hydrogen-bond donors (Lipinski definition) is 1. The zero-order chi connectivity index (χ0) is 18.8. The van der Waals surface area contributed by atoms with Crippen molar-refractivity contribution in [3.05, 3.63) is 30.3 Å². The van der Waals surface area contributed by atoms with E-state index in [0.29, 0.717) is 28.4 Å². The Morgan fingerprint density at radius 2 is 2.19 bits per heavy atom. The van der Waals surface area contributed by atoms with Crippen molar-refractivity contribution in [3.63, 3.8) is 0 Å². The number of ether oxygens (including phenoxy) is 2. The standard InChI is InChI=1S/C16H14N6O3S2/c1-3-25-16(23)18-14-17-10-5-4-9(8-11(10)27-14)26-15-20-19-12-6-7-13(24-2)21-22(12)15/h4-8H,3H2,1-2H3,(H,17,18,23). The Kier molecular flexibility index (Phi) is 4.77. The van der Waals surface area contributed by atoms with Crippen molar-refractivity contribution in [2.75, 3.05) is 19.0 Å². The van der Waals surface area contributed by atoms with E-state index in [2.05, 4.69) is 25.6 Å². The minimum Gasteiger partial charge on any atom is -0.480 e. The van der Waals surface area contributed by atoms with Gasteiger partial charge in [-0.15, -0.1) is 15.3 Å². The molecular formula is C16H14N6O3S2. The van der Waals surface area contributed by atoms with Crippen LogP contribution in [0.25, 0.3) is 15.9 Å². The molecule has 27 heavy (non-hydrogen) atoms. The highest BCUT2D eigenvalue weighted by Crippen LogP contribution is 2.33. The number of carbonyl (C=O) groups excluding carboxylic acids is 1. The summed E-state index contributed by atoms with van der Waals surface area (Å²) in [6.07, 6.45) is -0.513. The van der Waals surface area contributed by atoms with Crippen molar-refractivity contribution in [1.82, 2.24) is 24.8 Å². The van der Waals surface area contributed by atoms with Gasteiger partial charge in [-0.3, -0.25) is 5.32 Å². The van der Waals surface area contributed by atoms with E-state index in [0.717, 1.165) is 15.1 Å². The van der Waals surface area contributed by atoms with E-state index in [1.807, 2.05) is 18.2 Å². The van der Waals surface area contributed by atoms with Crippen LogP contribution < -0.4 is 10.1 Å². The molecule has 138 valence electrons. The minimum atomic E-state index is -0.513. The molecule has 3 aromatic heterocycles. The average Bonchev–Trinajstić information content (AvgIpc) is 3.24. The molecule has 0 bridgehead atoms. The van der Waals surface area contributed by atoms with E-state index in [1.165, 1.54) is 23.1 Å². The molecule has 0 atom stereocenters. The van der Waals surface area contributed by atoms with Gasteiger partial charge in [-0.1, -0.05) is 11.3 Å². The van der Waals surface area contributed by atoms with Crippen LogP contribution in [0.3, 0.4) is 0 Å². The zero-order valence-corrected chi connectivity index (χ0v) is 16.0. The molecule has 0 radical (unpaired) electrons. The van der Waals surface area contributed by atoms with Crippen molar-refractivity contribution in [2.24, 2.45) is 0 Å². The number of thiazole rings is 1. The molecule has 9 nitrogen and oxygen atoms in total. The first-order chi connectivity index (χ1) is 13.2. The maximum absolute atomic E-state index is 11.5. The molecule has 1 aromatic carbocycles. The summed E-state index contributed by atoms with van der Waals surface area (Å²) >= 11 is 2.80. The normalized spacial score (nSPS) is 11.0. The number of benzene rings is 1. The van der Waals surface area contributed by atoms with Crippen molar-refractivity contribution in [3.8, 4) is 5.88 Å². The third-order valence-electron chi connectivity index (χ3n) is 3.47. The van der Waals surface area contributed by atoms with Crippen molar-refractivity contribution in [1.29, 1.82) is 0 Å². The van der Waals surface area contributed by atoms with E-state index < -0.39 is 6.09 Å². The van der Waals surface area contributed by atoms with Crippen LogP contribution >= 0.6 is 23.1 Å². The van der Waals surface area contributed by atoms with Crippen molar-refractivity contribution >= 4 is 50.2 Å². The van der Waals surface area contributed by atoms with Gasteiger partial charge in [0.25, 0.3) is 0 Å². The molecule has 3 heterocycles. The van der Waals surface area contributed by atoms with E-state index in [4.69, 9.17) is 9.47 Å². The van der Waals surface area contributed by atoms with Gasteiger partial charge in [-0.2, -0.15) is 4.52 Å². The smallest absolute Gasteiger partial charge is 0.413 e. The lowest BCUT2D eigenvalue weighted by Gasteiger charge is -2.01. The number of nitrogens with one attached hydrogen (secondary N) is 1. The van der Waals surface area contributed by atoms with Gasteiger partial charge in [0.1, 0.15) is 0 Å². The third-order valence-corrected chi connectivity index (χ3v) is 5.33. The molecule has 0 aliphatic carbocycles. The van der Waals surface area contributed by atoms with Gasteiger partial charge in [-0.05, 0) is 43.0 Å². The molecule has 0 spiro atoms. The van der Waals surface area contributed by atoms with E-state index in [-0.39, 0.29) is 0 Å². The summed E-state index contributed by atoms with van der Waals surface area (Å²) in [7, 11) is 1.56. The Hall–Kier alpha value is -2.92. The number of carbonyl (C=O) groups is 1. The molecule has 1 amide bonds. The van der Waals surface area contributed by atoms with Crippen LogP contribution in [0.15, 0.2) is 40.4 Å². The topological polar surface area (TPSA) is 104 Å². The van der Waals surface area contributed by atoms with Gasteiger partial charge in [0, 0.05) is 11.0 Å². The van der Waals surface area contributed by atoms with Gasteiger partial charge in [0.2, 0.25) is 11.0 Å². The number of hydrogen-bond acceptors (Lipinski definition) is 9. The lowest BCUT2D eigenvalue weighted by Crippen LogP contribution is -2.12. The molecule has 0 aliphatic rings. The SMILES string of the molecule is CCOC(=O)Nc1nc2ccc(Sc3nnc4ccc(OC)nn34)cc2s1. The van der Waals surface area contributed by atoms with Crippen molar-refractivity contribution < 1.29 is 14.3 Å². The largest absolute Gasteiger partial charge is 0.480 e. The number of methoxy groups -OCH3 is 1. The highest BCUT2D eigenvalue weighted by molar-refractivity contribution is 7.99. The fourth-order valence-corrected chi connectivity index (χ4v) is 4.10. The fourth-order valence-electron chi connectivity index (χ4n) is 2.31. The van der Waals surface area contributed by atoms with Crippen LogP contribution in [-0.2, 0) is 4.74 Å². The summed E-state index contributed by atoms with van der Waals surface area (Å²) in [5.41, 5.74) is 1.43. The molecule has 0 aliphatic heterocycles. The van der Waals surface area contributed by atoms with E-state index >= 15 is 0 Å². The summed E-state index contributed by atoms with van der Waals surface area (Å²) in [5.74, 6) is 0.483. The van der Waals surface area contributed by atoms with Gasteiger partial charge in [-0.25, -0.2) is 9.78 Å². The summed E-state index contributed by atoms with van der Waals surface area (Å²) in [4.78, 5) is 16.9. The van der Waals surface area contributed by atoms with Crippen LogP contribution in [0.5, 0.6) is 5.88 Å². The third kappa shape index (κ3) is 3.64. The quantitative estimate of drug-likeness (QED) is 0.541. The molecule has 0 fully saturated rings.